The summed E-state index contributed by atoms with van der Waals surface area (Å²) in [5, 5.41) is 0. The molecule has 0 heteroatoms. The van der Waals surface area contributed by atoms with Crippen LogP contribution in [-0.4, -0.2) is 0 Å². The van der Waals surface area contributed by atoms with E-state index in [-0.39, 0.29) is 0 Å². The standard InChI is InChI=1S/C16H16/c1-11-7-8-14(9-11)16-12(2)10-13-5-3-4-6-15(13)16/h3-11,16H,1-2H3/t11?,16-/m1/s1. The van der Waals surface area contributed by atoms with E-state index < -0.39 is 0 Å². The summed E-state index contributed by atoms with van der Waals surface area (Å²) in [5.74, 6) is 1.09. The van der Waals surface area contributed by atoms with Crippen LogP contribution in [0.15, 0.2) is 53.6 Å². The summed E-state index contributed by atoms with van der Waals surface area (Å²) >= 11 is 0. The molecule has 0 aliphatic heterocycles. The summed E-state index contributed by atoms with van der Waals surface area (Å²) in [4.78, 5) is 0. The van der Waals surface area contributed by atoms with Crippen molar-refractivity contribution >= 4 is 6.08 Å². The van der Waals surface area contributed by atoms with E-state index in [1.54, 1.807) is 0 Å². The van der Waals surface area contributed by atoms with Crippen LogP contribution >= 0.6 is 0 Å². The summed E-state index contributed by atoms with van der Waals surface area (Å²) in [7, 11) is 0. The molecule has 2 atom stereocenters. The topological polar surface area (TPSA) is 0 Å². The van der Waals surface area contributed by atoms with Gasteiger partial charge in [0.15, 0.2) is 0 Å². The first-order chi connectivity index (χ1) is 7.75. The fraction of sp³-hybridized carbons (Fsp3) is 0.250. The molecule has 0 radical (unpaired) electrons. The van der Waals surface area contributed by atoms with Crippen molar-refractivity contribution in [3.05, 3.63) is 64.8 Å². The Hall–Kier alpha value is -1.56. The van der Waals surface area contributed by atoms with E-state index in [4.69, 9.17) is 0 Å². The zero-order valence-corrected chi connectivity index (χ0v) is 9.77. The average Bonchev–Trinajstić information content (AvgIpc) is 2.80. The van der Waals surface area contributed by atoms with Crippen molar-refractivity contribution in [2.24, 2.45) is 5.92 Å². The Morgan fingerprint density at radius 2 is 1.94 bits per heavy atom. The molecule has 1 aromatic carbocycles. The van der Waals surface area contributed by atoms with E-state index in [0.717, 1.165) is 0 Å². The van der Waals surface area contributed by atoms with E-state index >= 15 is 0 Å². The molecule has 1 aromatic rings. The minimum absolute atomic E-state index is 0.498. The molecule has 0 amide bonds. The minimum atomic E-state index is 0.498. The smallest absolute Gasteiger partial charge is 0.0302 e. The molecule has 0 N–H and O–H groups in total. The van der Waals surface area contributed by atoms with Crippen LogP contribution < -0.4 is 0 Å². The molecule has 0 spiro atoms. The number of fused-ring (bicyclic) bond motifs is 1. The van der Waals surface area contributed by atoms with Gasteiger partial charge in [0, 0.05) is 5.92 Å². The first kappa shape index (κ1) is 9.65. The molecule has 0 bridgehead atoms. The highest BCUT2D eigenvalue weighted by atomic mass is 14.3. The fourth-order valence-corrected chi connectivity index (χ4v) is 2.79. The van der Waals surface area contributed by atoms with Crippen LogP contribution in [0.4, 0.5) is 0 Å². The highest BCUT2D eigenvalue weighted by molar-refractivity contribution is 5.69. The highest BCUT2D eigenvalue weighted by Gasteiger charge is 2.25. The predicted molar refractivity (Wildman–Crippen MR) is 69.2 cm³/mol. The predicted octanol–water partition coefficient (Wildman–Crippen LogP) is 4.32. The van der Waals surface area contributed by atoms with Gasteiger partial charge in [-0.3, -0.25) is 0 Å². The van der Waals surface area contributed by atoms with Gasteiger partial charge in [-0.05, 0) is 29.5 Å². The molecule has 0 fully saturated rings. The highest BCUT2D eigenvalue weighted by Crippen LogP contribution is 2.42. The summed E-state index contributed by atoms with van der Waals surface area (Å²) in [6, 6.07) is 8.72. The Balaban J connectivity index is 2.07. The molecule has 0 saturated heterocycles. The molecule has 0 heterocycles. The lowest BCUT2D eigenvalue weighted by molar-refractivity contribution is 0.927. The lowest BCUT2D eigenvalue weighted by Crippen LogP contribution is -1.98. The summed E-state index contributed by atoms with van der Waals surface area (Å²) in [6.07, 6.45) is 9.26. The Morgan fingerprint density at radius 3 is 2.69 bits per heavy atom. The van der Waals surface area contributed by atoms with Gasteiger partial charge in [-0.2, -0.15) is 0 Å². The molecule has 0 nitrogen and oxygen atoms in total. The maximum Gasteiger partial charge on any atom is 0.0302 e. The first-order valence-electron chi connectivity index (χ1n) is 5.93. The van der Waals surface area contributed by atoms with Crippen molar-refractivity contribution < 1.29 is 0 Å². The Morgan fingerprint density at radius 1 is 1.12 bits per heavy atom. The largest absolute Gasteiger partial charge is 0.0776 e. The van der Waals surface area contributed by atoms with Gasteiger partial charge in [-0.25, -0.2) is 0 Å². The van der Waals surface area contributed by atoms with Gasteiger partial charge in [-0.1, -0.05) is 61.1 Å². The average molecular weight is 208 g/mol. The van der Waals surface area contributed by atoms with Gasteiger partial charge in [0.25, 0.3) is 0 Å². The monoisotopic (exact) mass is 208 g/mol. The minimum Gasteiger partial charge on any atom is -0.0776 e. The van der Waals surface area contributed by atoms with Crippen molar-refractivity contribution in [3.63, 3.8) is 0 Å². The number of hydrogen-bond donors (Lipinski definition) is 0. The molecular weight excluding hydrogens is 192 g/mol. The zero-order chi connectivity index (χ0) is 11.1. The van der Waals surface area contributed by atoms with E-state index in [1.807, 2.05) is 0 Å². The van der Waals surface area contributed by atoms with Crippen LogP contribution in [0.3, 0.4) is 0 Å². The second kappa shape index (κ2) is 3.48. The summed E-state index contributed by atoms with van der Waals surface area (Å²) < 4.78 is 0. The molecule has 1 unspecified atom stereocenters. The maximum absolute atomic E-state index is 2.38. The molecule has 0 saturated carbocycles. The lowest BCUT2D eigenvalue weighted by Gasteiger charge is -2.14. The number of rotatable bonds is 1. The molecular formula is C16H16. The van der Waals surface area contributed by atoms with Crippen LogP contribution in [0, 0.1) is 5.92 Å². The van der Waals surface area contributed by atoms with Gasteiger partial charge in [0.1, 0.15) is 0 Å². The molecule has 3 rings (SSSR count). The normalized spacial score (nSPS) is 26.6. The zero-order valence-electron chi connectivity index (χ0n) is 9.77. The van der Waals surface area contributed by atoms with Gasteiger partial charge >= 0.3 is 0 Å². The lowest BCUT2D eigenvalue weighted by atomic mass is 9.89. The van der Waals surface area contributed by atoms with Crippen LogP contribution in [0.1, 0.15) is 30.9 Å². The van der Waals surface area contributed by atoms with Crippen molar-refractivity contribution in [1.29, 1.82) is 0 Å². The first-order valence-corrected chi connectivity index (χ1v) is 5.93. The van der Waals surface area contributed by atoms with E-state index in [1.165, 1.54) is 22.3 Å². The van der Waals surface area contributed by atoms with Crippen molar-refractivity contribution in [1.82, 2.24) is 0 Å². The molecule has 2 aliphatic rings. The third-order valence-electron chi connectivity index (χ3n) is 3.53. The Bertz CT molecular complexity index is 515. The molecule has 80 valence electrons. The van der Waals surface area contributed by atoms with Crippen LogP contribution in [-0.2, 0) is 0 Å². The van der Waals surface area contributed by atoms with E-state index in [9.17, 15) is 0 Å². The van der Waals surface area contributed by atoms with Crippen LogP contribution in [0.5, 0.6) is 0 Å². The van der Waals surface area contributed by atoms with Crippen LogP contribution in [0.2, 0.25) is 0 Å². The van der Waals surface area contributed by atoms with Gasteiger partial charge in [0.05, 0.1) is 0 Å². The summed E-state index contributed by atoms with van der Waals surface area (Å²) in [5.41, 5.74) is 5.78. The second-order valence-corrected chi connectivity index (χ2v) is 4.84. The fourth-order valence-electron chi connectivity index (χ4n) is 2.79. The van der Waals surface area contributed by atoms with Crippen molar-refractivity contribution in [3.8, 4) is 0 Å². The second-order valence-electron chi connectivity index (χ2n) is 4.84. The van der Waals surface area contributed by atoms with E-state index in [2.05, 4.69) is 62.4 Å². The molecule has 16 heavy (non-hydrogen) atoms. The SMILES string of the molecule is CC1=Cc2ccccc2[C@H]1C1=CC(C)C=C1. The number of hydrogen-bond acceptors (Lipinski definition) is 0. The van der Waals surface area contributed by atoms with Gasteiger partial charge in [0.2, 0.25) is 0 Å². The molecule has 2 aliphatic carbocycles. The summed E-state index contributed by atoms with van der Waals surface area (Å²) in [6.45, 7) is 4.48. The number of allylic oxidation sites excluding steroid dienone is 5. The van der Waals surface area contributed by atoms with E-state index in [0.29, 0.717) is 11.8 Å². The Labute approximate surface area is 97.0 Å². The van der Waals surface area contributed by atoms with Gasteiger partial charge in [-0.15, -0.1) is 0 Å². The van der Waals surface area contributed by atoms with Crippen molar-refractivity contribution in [2.45, 2.75) is 19.8 Å². The third-order valence-corrected chi connectivity index (χ3v) is 3.53. The molecule has 0 aromatic heterocycles. The number of benzene rings is 1. The quantitative estimate of drug-likeness (QED) is 0.644. The maximum atomic E-state index is 2.38. The van der Waals surface area contributed by atoms with Crippen LogP contribution in [0.25, 0.3) is 6.08 Å². The third kappa shape index (κ3) is 1.37. The van der Waals surface area contributed by atoms with Gasteiger partial charge < -0.3 is 0 Å². The Kier molecular flexibility index (Phi) is 2.10. The van der Waals surface area contributed by atoms with Crippen molar-refractivity contribution in [2.75, 3.05) is 0 Å².